The van der Waals surface area contributed by atoms with E-state index in [1.165, 1.54) is 5.56 Å². The average molecular weight is 241 g/mol. The first-order chi connectivity index (χ1) is 8.33. The summed E-state index contributed by atoms with van der Waals surface area (Å²) >= 11 is 1.60. The van der Waals surface area contributed by atoms with Crippen molar-refractivity contribution < 1.29 is 0 Å². The predicted octanol–water partition coefficient (Wildman–Crippen LogP) is 3.30. The van der Waals surface area contributed by atoms with Crippen LogP contribution >= 0.6 is 11.3 Å². The van der Waals surface area contributed by atoms with E-state index in [0.717, 1.165) is 16.4 Å². The minimum atomic E-state index is 0.894. The Balaban J connectivity index is 1.98. The van der Waals surface area contributed by atoms with Crippen LogP contribution in [0.5, 0.6) is 0 Å². The molecule has 3 rings (SSSR count). The molecule has 0 atom stereocenters. The van der Waals surface area contributed by atoms with Crippen molar-refractivity contribution in [3.05, 3.63) is 53.7 Å². The molecule has 0 N–H and O–H groups in total. The molecular formula is C13H11N3S. The molecule has 0 radical (unpaired) electrons. The maximum absolute atomic E-state index is 4.57. The van der Waals surface area contributed by atoms with Crippen molar-refractivity contribution >= 4 is 11.3 Å². The number of hydrogen-bond donors (Lipinski definition) is 0. The van der Waals surface area contributed by atoms with Gasteiger partial charge >= 0.3 is 0 Å². The Bertz CT molecular complexity index is 608. The van der Waals surface area contributed by atoms with Crippen molar-refractivity contribution in [1.29, 1.82) is 0 Å². The van der Waals surface area contributed by atoms with Gasteiger partial charge in [-0.05, 0) is 13.0 Å². The lowest BCUT2D eigenvalue weighted by atomic mass is 10.1. The first-order valence-corrected chi connectivity index (χ1v) is 6.23. The molecule has 1 aromatic carbocycles. The Hall–Kier alpha value is -1.94. The molecule has 3 aromatic rings. The zero-order valence-electron chi connectivity index (χ0n) is 9.37. The van der Waals surface area contributed by atoms with E-state index in [1.807, 2.05) is 12.3 Å². The Kier molecular flexibility index (Phi) is 2.49. The Morgan fingerprint density at radius 3 is 2.71 bits per heavy atom. The minimum Gasteiger partial charge on any atom is -0.218 e. The number of aryl methyl sites for hydroxylation is 1. The van der Waals surface area contributed by atoms with Crippen molar-refractivity contribution in [1.82, 2.24) is 14.8 Å². The van der Waals surface area contributed by atoms with Gasteiger partial charge in [-0.3, -0.25) is 0 Å². The maximum atomic E-state index is 4.57. The van der Waals surface area contributed by atoms with Gasteiger partial charge in [0.1, 0.15) is 0 Å². The summed E-state index contributed by atoms with van der Waals surface area (Å²) in [4.78, 5) is 4.57. The summed E-state index contributed by atoms with van der Waals surface area (Å²) in [5.74, 6) is 0. The van der Waals surface area contributed by atoms with Gasteiger partial charge < -0.3 is 0 Å². The number of aromatic nitrogens is 3. The molecule has 0 bridgehead atoms. The molecule has 0 aliphatic rings. The third kappa shape index (κ3) is 1.99. The zero-order chi connectivity index (χ0) is 11.7. The third-order valence-electron chi connectivity index (χ3n) is 2.54. The van der Waals surface area contributed by atoms with Gasteiger partial charge in [-0.1, -0.05) is 29.8 Å². The zero-order valence-corrected chi connectivity index (χ0v) is 10.2. The van der Waals surface area contributed by atoms with Crippen molar-refractivity contribution in [3.8, 4) is 16.4 Å². The van der Waals surface area contributed by atoms with E-state index >= 15 is 0 Å². The highest BCUT2D eigenvalue weighted by Crippen LogP contribution is 2.23. The van der Waals surface area contributed by atoms with Crippen LogP contribution < -0.4 is 0 Å². The summed E-state index contributed by atoms with van der Waals surface area (Å²) in [6.07, 6.45) is 3.66. The molecule has 0 spiro atoms. The maximum Gasteiger partial charge on any atom is 0.210 e. The second-order valence-electron chi connectivity index (χ2n) is 3.83. The lowest BCUT2D eigenvalue weighted by Gasteiger charge is -1.97. The van der Waals surface area contributed by atoms with Crippen LogP contribution in [0.2, 0.25) is 0 Å². The van der Waals surface area contributed by atoms with Crippen LogP contribution in [0.15, 0.2) is 48.1 Å². The van der Waals surface area contributed by atoms with Crippen LogP contribution in [0.1, 0.15) is 5.56 Å². The fourth-order valence-corrected chi connectivity index (χ4v) is 2.38. The standard InChI is InChI=1S/C13H11N3S/c1-10-3-5-11(6-4-10)12-9-17-13(15-12)16-8-2-7-14-16/h2-9H,1H3. The van der Waals surface area contributed by atoms with E-state index < -0.39 is 0 Å². The van der Waals surface area contributed by atoms with Gasteiger partial charge in [0.25, 0.3) is 0 Å². The first kappa shape index (κ1) is 10.2. The van der Waals surface area contributed by atoms with Crippen LogP contribution in [-0.2, 0) is 0 Å². The SMILES string of the molecule is Cc1ccc(-c2csc(-n3cccn3)n2)cc1. The Morgan fingerprint density at radius 2 is 2.00 bits per heavy atom. The van der Waals surface area contributed by atoms with Crippen LogP contribution in [-0.4, -0.2) is 14.8 Å². The molecule has 0 aliphatic carbocycles. The lowest BCUT2D eigenvalue weighted by Crippen LogP contribution is -1.92. The molecule has 0 amide bonds. The second-order valence-corrected chi connectivity index (χ2v) is 4.67. The highest BCUT2D eigenvalue weighted by molar-refractivity contribution is 7.12. The number of hydrogen-bond acceptors (Lipinski definition) is 3. The summed E-state index contributed by atoms with van der Waals surface area (Å²) < 4.78 is 1.78. The molecule has 17 heavy (non-hydrogen) atoms. The number of thiazole rings is 1. The van der Waals surface area contributed by atoms with E-state index in [2.05, 4.69) is 46.7 Å². The van der Waals surface area contributed by atoms with Crippen molar-refractivity contribution in [2.75, 3.05) is 0 Å². The Morgan fingerprint density at radius 1 is 1.18 bits per heavy atom. The average Bonchev–Trinajstić information content (AvgIpc) is 3.00. The number of nitrogens with zero attached hydrogens (tertiary/aromatic N) is 3. The fourth-order valence-electron chi connectivity index (χ4n) is 1.61. The van der Waals surface area contributed by atoms with E-state index in [4.69, 9.17) is 0 Å². The molecule has 3 nitrogen and oxygen atoms in total. The molecule has 84 valence electrons. The van der Waals surface area contributed by atoms with Gasteiger partial charge in [0, 0.05) is 23.3 Å². The highest BCUT2D eigenvalue weighted by Gasteiger charge is 2.05. The topological polar surface area (TPSA) is 30.7 Å². The van der Waals surface area contributed by atoms with Crippen LogP contribution in [0, 0.1) is 6.92 Å². The summed E-state index contributed by atoms with van der Waals surface area (Å²) in [6.45, 7) is 2.08. The van der Waals surface area contributed by atoms with Crippen LogP contribution in [0.25, 0.3) is 16.4 Å². The summed E-state index contributed by atoms with van der Waals surface area (Å²) in [6, 6.07) is 10.3. The molecule has 4 heteroatoms. The van der Waals surface area contributed by atoms with Crippen molar-refractivity contribution in [3.63, 3.8) is 0 Å². The van der Waals surface area contributed by atoms with E-state index in [-0.39, 0.29) is 0 Å². The van der Waals surface area contributed by atoms with Gasteiger partial charge in [-0.25, -0.2) is 9.67 Å². The monoisotopic (exact) mass is 241 g/mol. The van der Waals surface area contributed by atoms with Crippen LogP contribution in [0.4, 0.5) is 0 Å². The lowest BCUT2D eigenvalue weighted by molar-refractivity contribution is 0.870. The van der Waals surface area contributed by atoms with E-state index in [1.54, 1.807) is 22.2 Å². The smallest absolute Gasteiger partial charge is 0.210 e. The highest BCUT2D eigenvalue weighted by atomic mass is 32.1. The largest absolute Gasteiger partial charge is 0.218 e. The molecule has 0 saturated carbocycles. The van der Waals surface area contributed by atoms with Gasteiger partial charge in [-0.15, -0.1) is 11.3 Å². The van der Waals surface area contributed by atoms with Crippen molar-refractivity contribution in [2.45, 2.75) is 6.92 Å². The summed E-state index contributed by atoms with van der Waals surface area (Å²) in [5.41, 5.74) is 3.40. The third-order valence-corrected chi connectivity index (χ3v) is 3.37. The molecule has 0 fully saturated rings. The van der Waals surface area contributed by atoms with Gasteiger partial charge in [-0.2, -0.15) is 5.10 Å². The van der Waals surface area contributed by atoms with Crippen LogP contribution in [0.3, 0.4) is 0 Å². The first-order valence-electron chi connectivity index (χ1n) is 5.35. The van der Waals surface area contributed by atoms with E-state index in [0.29, 0.717) is 0 Å². The molecule has 0 saturated heterocycles. The minimum absolute atomic E-state index is 0.894. The molecular weight excluding hydrogens is 230 g/mol. The van der Waals surface area contributed by atoms with Gasteiger partial charge in [0.05, 0.1) is 5.69 Å². The summed E-state index contributed by atoms with van der Waals surface area (Å²) in [7, 11) is 0. The molecule has 0 unspecified atom stereocenters. The predicted molar refractivity (Wildman–Crippen MR) is 69.4 cm³/mol. The summed E-state index contributed by atoms with van der Waals surface area (Å²) in [5, 5.41) is 7.12. The molecule has 0 aliphatic heterocycles. The van der Waals surface area contributed by atoms with Gasteiger partial charge in [0.2, 0.25) is 5.13 Å². The molecule has 2 heterocycles. The van der Waals surface area contributed by atoms with Gasteiger partial charge in [0.15, 0.2) is 0 Å². The second kappa shape index (κ2) is 4.14. The quantitative estimate of drug-likeness (QED) is 0.689. The fraction of sp³-hybridized carbons (Fsp3) is 0.0769. The number of benzene rings is 1. The number of rotatable bonds is 2. The van der Waals surface area contributed by atoms with Crippen molar-refractivity contribution in [2.24, 2.45) is 0 Å². The normalized spacial score (nSPS) is 10.6. The molecule has 2 aromatic heterocycles. The Labute approximate surface area is 103 Å². The van der Waals surface area contributed by atoms with E-state index in [9.17, 15) is 0 Å².